The lowest BCUT2D eigenvalue weighted by atomic mass is 10.1. The molecule has 0 atom stereocenters. The van der Waals surface area contributed by atoms with E-state index >= 15 is 0 Å². The number of anilines is 1. The lowest BCUT2D eigenvalue weighted by molar-refractivity contribution is 0.0665. The number of hydrogen-bond acceptors (Lipinski definition) is 3. The van der Waals surface area contributed by atoms with Crippen molar-refractivity contribution in [3.05, 3.63) is 63.0 Å². The van der Waals surface area contributed by atoms with Crippen molar-refractivity contribution in [2.45, 2.75) is 0 Å². The maximum Gasteiger partial charge on any atom is 0.263 e. The Morgan fingerprint density at radius 1 is 1.05 bits per heavy atom. The number of benzene rings is 2. The maximum absolute atomic E-state index is 13.7. The molecule has 0 fully saturated rings. The highest BCUT2D eigenvalue weighted by atomic mass is 127. The van der Waals surface area contributed by atoms with Gasteiger partial charge in [0.15, 0.2) is 0 Å². The Kier molecular flexibility index (Phi) is 3.62. The first-order chi connectivity index (χ1) is 10.1. The van der Waals surface area contributed by atoms with E-state index in [4.69, 9.17) is 0 Å². The minimum atomic E-state index is -0.418. The molecule has 106 valence electrons. The summed E-state index contributed by atoms with van der Waals surface area (Å²) in [7, 11) is 0. The summed E-state index contributed by atoms with van der Waals surface area (Å²) in [5, 5.41) is 2.78. The third-order valence-electron chi connectivity index (χ3n) is 3.24. The van der Waals surface area contributed by atoms with Gasteiger partial charge in [0.2, 0.25) is 0 Å². The zero-order valence-electron chi connectivity index (χ0n) is 10.8. The molecule has 0 bridgehead atoms. The van der Waals surface area contributed by atoms with Crippen LogP contribution in [0.15, 0.2) is 42.5 Å². The van der Waals surface area contributed by atoms with E-state index in [9.17, 15) is 14.0 Å². The van der Waals surface area contributed by atoms with Gasteiger partial charge in [0.05, 0.1) is 23.5 Å². The van der Waals surface area contributed by atoms with Gasteiger partial charge in [-0.25, -0.2) is 4.39 Å². The van der Waals surface area contributed by atoms with Gasteiger partial charge in [-0.15, -0.1) is 0 Å². The topological polar surface area (TPSA) is 49.4 Å². The highest BCUT2D eigenvalue weighted by Crippen LogP contribution is 2.23. The Hall–Kier alpha value is -1.96. The van der Waals surface area contributed by atoms with Crippen LogP contribution in [0.3, 0.4) is 0 Å². The first-order valence-electron chi connectivity index (χ1n) is 6.22. The molecule has 1 aliphatic heterocycles. The molecule has 1 aliphatic rings. The van der Waals surface area contributed by atoms with Gasteiger partial charge >= 0.3 is 0 Å². The number of imide groups is 1. The van der Waals surface area contributed by atoms with Gasteiger partial charge in [-0.1, -0.05) is 12.1 Å². The number of rotatable bonds is 3. The Morgan fingerprint density at radius 2 is 1.67 bits per heavy atom. The van der Waals surface area contributed by atoms with Gasteiger partial charge in [0, 0.05) is 3.57 Å². The summed E-state index contributed by atoms with van der Waals surface area (Å²) in [6, 6.07) is 11.3. The van der Waals surface area contributed by atoms with Crippen LogP contribution in [0.2, 0.25) is 0 Å². The van der Waals surface area contributed by atoms with Crippen LogP contribution in [0.1, 0.15) is 20.7 Å². The molecule has 2 aromatic rings. The summed E-state index contributed by atoms with van der Waals surface area (Å²) in [5.41, 5.74) is 1.02. The average molecular weight is 396 g/mol. The molecule has 1 heterocycles. The van der Waals surface area contributed by atoms with E-state index < -0.39 is 5.82 Å². The summed E-state index contributed by atoms with van der Waals surface area (Å²) in [4.78, 5) is 25.3. The van der Waals surface area contributed by atoms with Crippen molar-refractivity contribution in [2.75, 3.05) is 12.0 Å². The number of nitrogens with one attached hydrogen (secondary N) is 1. The lowest BCUT2D eigenvalue weighted by Crippen LogP contribution is -2.34. The van der Waals surface area contributed by atoms with Crippen molar-refractivity contribution in [1.82, 2.24) is 4.90 Å². The molecular weight excluding hydrogens is 386 g/mol. The summed E-state index contributed by atoms with van der Waals surface area (Å²) in [6.45, 7) is -0.0656. The summed E-state index contributed by atoms with van der Waals surface area (Å²) in [6.07, 6.45) is 0. The maximum atomic E-state index is 13.7. The van der Waals surface area contributed by atoms with E-state index in [-0.39, 0.29) is 24.2 Å². The van der Waals surface area contributed by atoms with Crippen LogP contribution >= 0.6 is 22.6 Å². The molecule has 2 aromatic carbocycles. The first kappa shape index (κ1) is 14.0. The van der Waals surface area contributed by atoms with Crippen molar-refractivity contribution >= 4 is 40.1 Å². The Balaban J connectivity index is 1.78. The second kappa shape index (κ2) is 5.44. The van der Waals surface area contributed by atoms with E-state index in [0.717, 1.165) is 8.47 Å². The molecule has 0 saturated carbocycles. The number of amides is 2. The Bertz CT molecular complexity index is 713. The molecule has 0 spiro atoms. The lowest BCUT2D eigenvalue weighted by Gasteiger charge is -2.16. The molecule has 3 rings (SSSR count). The minimum absolute atomic E-state index is 0.0656. The van der Waals surface area contributed by atoms with Crippen molar-refractivity contribution in [1.29, 1.82) is 0 Å². The summed E-state index contributed by atoms with van der Waals surface area (Å²) in [5.74, 6) is -1.15. The number of halogens is 2. The van der Waals surface area contributed by atoms with Gasteiger partial charge < -0.3 is 5.32 Å². The van der Waals surface area contributed by atoms with Crippen LogP contribution in [0.4, 0.5) is 10.1 Å². The van der Waals surface area contributed by atoms with Crippen LogP contribution in [0.5, 0.6) is 0 Å². The first-order valence-corrected chi connectivity index (χ1v) is 7.30. The van der Waals surface area contributed by atoms with Gasteiger partial charge in [-0.05, 0) is 52.9 Å². The largest absolute Gasteiger partial charge is 0.365 e. The monoisotopic (exact) mass is 396 g/mol. The van der Waals surface area contributed by atoms with Crippen LogP contribution in [-0.4, -0.2) is 23.4 Å². The highest BCUT2D eigenvalue weighted by molar-refractivity contribution is 14.1. The normalized spacial score (nSPS) is 13.5. The van der Waals surface area contributed by atoms with Gasteiger partial charge in [0.25, 0.3) is 11.8 Å². The molecule has 1 N–H and O–H groups in total. The van der Waals surface area contributed by atoms with Crippen molar-refractivity contribution in [3.8, 4) is 0 Å². The van der Waals surface area contributed by atoms with Gasteiger partial charge in [-0.3, -0.25) is 14.5 Å². The number of carbonyl (C=O) groups excluding carboxylic acids is 2. The zero-order valence-corrected chi connectivity index (χ0v) is 12.9. The molecule has 6 heteroatoms. The van der Waals surface area contributed by atoms with Gasteiger partial charge in [-0.2, -0.15) is 0 Å². The van der Waals surface area contributed by atoms with E-state index in [1.807, 2.05) is 22.6 Å². The SMILES string of the molecule is O=C1c2ccccc2C(=O)N1CNc1ccc(I)cc1F. The van der Waals surface area contributed by atoms with Crippen LogP contribution in [0, 0.1) is 9.39 Å². The quantitative estimate of drug-likeness (QED) is 0.641. The fourth-order valence-corrected chi connectivity index (χ4v) is 2.63. The number of carbonyl (C=O) groups is 2. The van der Waals surface area contributed by atoms with Crippen molar-refractivity contribution in [2.24, 2.45) is 0 Å². The minimum Gasteiger partial charge on any atom is -0.365 e. The third-order valence-corrected chi connectivity index (χ3v) is 3.91. The number of nitrogens with zero attached hydrogens (tertiary/aromatic N) is 1. The van der Waals surface area contributed by atoms with Crippen molar-refractivity contribution < 1.29 is 14.0 Å². The molecule has 0 unspecified atom stereocenters. The fourth-order valence-electron chi connectivity index (χ4n) is 2.18. The van der Waals surface area contributed by atoms with E-state index in [1.165, 1.54) is 6.07 Å². The Labute approximate surface area is 134 Å². The predicted molar refractivity (Wildman–Crippen MR) is 84.5 cm³/mol. The second-order valence-electron chi connectivity index (χ2n) is 4.54. The zero-order chi connectivity index (χ0) is 15.0. The van der Waals surface area contributed by atoms with E-state index in [1.54, 1.807) is 36.4 Å². The van der Waals surface area contributed by atoms with E-state index in [2.05, 4.69) is 5.32 Å². The highest BCUT2D eigenvalue weighted by Gasteiger charge is 2.34. The fraction of sp³-hybridized carbons (Fsp3) is 0.0667. The smallest absolute Gasteiger partial charge is 0.263 e. The molecule has 0 saturated heterocycles. The third kappa shape index (κ3) is 2.51. The van der Waals surface area contributed by atoms with Crippen LogP contribution in [-0.2, 0) is 0 Å². The average Bonchev–Trinajstić information content (AvgIpc) is 2.71. The van der Waals surface area contributed by atoms with Crippen LogP contribution < -0.4 is 5.32 Å². The molecule has 2 amide bonds. The van der Waals surface area contributed by atoms with Gasteiger partial charge in [0.1, 0.15) is 5.82 Å². The second-order valence-corrected chi connectivity index (χ2v) is 5.79. The predicted octanol–water partition coefficient (Wildman–Crippen LogP) is 3.10. The molecular formula is C15H10FIN2O2. The Morgan fingerprint density at radius 3 is 2.24 bits per heavy atom. The van der Waals surface area contributed by atoms with E-state index in [0.29, 0.717) is 11.1 Å². The van der Waals surface area contributed by atoms with Crippen molar-refractivity contribution in [3.63, 3.8) is 0 Å². The number of hydrogen-bond donors (Lipinski definition) is 1. The molecule has 0 radical (unpaired) electrons. The summed E-state index contributed by atoms with van der Waals surface area (Å²) < 4.78 is 14.5. The number of fused-ring (bicyclic) bond motifs is 1. The standard InChI is InChI=1S/C15H10FIN2O2/c16-12-7-9(17)5-6-13(12)18-8-19-14(20)10-3-1-2-4-11(10)15(19)21/h1-7,18H,8H2. The molecule has 21 heavy (non-hydrogen) atoms. The summed E-state index contributed by atoms with van der Waals surface area (Å²) >= 11 is 2.01. The molecule has 0 aromatic heterocycles. The molecule has 4 nitrogen and oxygen atoms in total. The molecule has 0 aliphatic carbocycles. The van der Waals surface area contributed by atoms with Crippen LogP contribution in [0.25, 0.3) is 0 Å².